The normalized spacial score (nSPS) is 12.1. The highest BCUT2D eigenvalue weighted by molar-refractivity contribution is 5.94. The molecule has 28 heavy (non-hydrogen) atoms. The Labute approximate surface area is 158 Å². The standard InChI is InChI=1S/C21H12F2N4O/c22-14-9-16(23)20(25-11-14)26-15-5-6-17-12(8-15)7-13-10-24-18-3-1-2-4-19(18)28-21(13)27-17/h1-11H,(H,25,26). The van der Waals surface area contributed by atoms with Crippen LogP contribution in [-0.4, -0.2) is 16.2 Å². The smallest absolute Gasteiger partial charge is 0.228 e. The van der Waals surface area contributed by atoms with Gasteiger partial charge in [-0.1, -0.05) is 12.1 Å². The summed E-state index contributed by atoms with van der Waals surface area (Å²) in [6, 6.07) is 15.5. The number of nitrogens with zero attached hydrogens (tertiary/aromatic N) is 3. The second kappa shape index (κ2) is 6.38. The van der Waals surface area contributed by atoms with Gasteiger partial charge in [0.05, 0.1) is 17.3 Å². The Morgan fingerprint density at radius 2 is 1.86 bits per heavy atom. The molecule has 4 aromatic rings. The molecule has 0 unspecified atom stereocenters. The first-order chi connectivity index (χ1) is 13.7. The van der Waals surface area contributed by atoms with Crippen molar-refractivity contribution in [2.45, 2.75) is 0 Å². The third-order valence-corrected chi connectivity index (χ3v) is 4.29. The zero-order chi connectivity index (χ0) is 19.1. The number of fused-ring (bicyclic) bond motifs is 3. The molecule has 0 fully saturated rings. The maximum Gasteiger partial charge on any atom is 0.228 e. The van der Waals surface area contributed by atoms with Gasteiger partial charge in [-0.2, -0.15) is 0 Å². The Morgan fingerprint density at radius 3 is 2.75 bits per heavy atom. The molecule has 136 valence electrons. The first-order valence-corrected chi connectivity index (χ1v) is 8.49. The van der Waals surface area contributed by atoms with Crippen LogP contribution in [-0.2, 0) is 0 Å². The minimum atomic E-state index is -0.765. The van der Waals surface area contributed by atoms with E-state index < -0.39 is 11.6 Å². The molecule has 0 saturated carbocycles. The van der Waals surface area contributed by atoms with E-state index in [2.05, 4.69) is 20.3 Å². The molecule has 0 bridgehead atoms. The van der Waals surface area contributed by atoms with E-state index in [1.807, 2.05) is 30.3 Å². The molecule has 0 radical (unpaired) electrons. The van der Waals surface area contributed by atoms with Gasteiger partial charge < -0.3 is 10.1 Å². The van der Waals surface area contributed by atoms with Gasteiger partial charge in [0, 0.05) is 23.4 Å². The summed E-state index contributed by atoms with van der Waals surface area (Å²) < 4.78 is 32.8. The first-order valence-electron chi connectivity index (χ1n) is 8.49. The molecular weight excluding hydrogens is 362 g/mol. The molecule has 7 heteroatoms. The second-order valence-electron chi connectivity index (χ2n) is 6.23. The van der Waals surface area contributed by atoms with Crippen molar-refractivity contribution in [2.75, 3.05) is 5.32 Å². The summed E-state index contributed by atoms with van der Waals surface area (Å²) in [6.45, 7) is 0. The summed E-state index contributed by atoms with van der Waals surface area (Å²) in [5.41, 5.74) is 2.77. The number of pyridine rings is 2. The van der Waals surface area contributed by atoms with Gasteiger partial charge in [-0.15, -0.1) is 0 Å². The van der Waals surface area contributed by atoms with Crippen molar-refractivity contribution in [3.05, 3.63) is 78.0 Å². The number of aromatic nitrogens is 2. The van der Waals surface area contributed by atoms with Gasteiger partial charge >= 0.3 is 0 Å². The molecule has 2 aromatic heterocycles. The molecule has 0 aliphatic carbocycles. The fraction of sp³-hybridized carbons (Fsp3) is 0. The molecule has 5 nitrogen and oxygen atoms in total. The summed E-state index contributed by atoms with van der Waals surface area (Å²) in [5, 5.41) is 3.66. The Balaban J connectivity index is 1.53. The Bertz CT molecular complexity index is 1260. The molecular formula is C21H12F2N4O. The third-order valence-electron chi connectivity index (χ3n) is 4.29. The fourth-order valence-electron chi connectivity index (χ4n) is 2.96. The summed E-state index contributed by atoms with van der Waals surface area (Å²) in [5.74, 6) is -0.440. The lowest BCUT2D eigenvalue weighted by Gasteiger charge is -2.10. The molecule has 2 aromatic carbocycles. The Hall–Kier alpha value is -3.87. The van der Waals surface area contributed by atoms with Crippen molar-refractivity contribution >= 4 is 34.3 Å². The summed E-state index contributed by atoms with van der Waals surface area (Å²) in [6.07, 6.45) is 2.66. The van der Waals surface area contributed by atoms with Crippen LogP contribution >= 0.6 is 0 Å². The number of ether oxygens (including phenoxy) is 1. The lowest BCUT2D eigenvalue weighted by atomic mass is 10.1. The van der Waals surface area contributed by atoms with Crippen LogP contribution in [0.5, 0.6) is 11.6 Å². The van der Waals surface area contributed by atoms with Gasteiger partial charge in [-0.05, 0) is 36.4 Å². The zero-order valence-electron chi connectivity index (χ0n) is 14.4. The van der Waals surface area contributed by atoms with Crippen molar-refractivity contribution in [3.8, 4) is 11.6 Å². The minimum absolute atomic E-state index is 0.0520. The minimum Gasteiger partial charge on any atom is -0.436 e. The van der Waals surface area contributed by atoms with E-state index in [0.717, 1.165) is 28.9 Å². The van der Waals surface area contributed by atoms with Crippen LogP contribution in [0.3, 0.4) is 0 Å². The molecule has 0 saturated heterocycles. The number of anilines is 2. The summed E-state index contributed by atoms with van der Waals surface area (Å²) in [4.78, 5) is 12.8. The lowest BCUT2D eigenvalue weighted by molar-refractivity contribution is 0.467. The highest BCUT2D eigenvalue weighted by Gasteiger charge is 2.14. The number of hydrogen-bond acceptors (Lipinski definition) is 5. The van der Waals surface area contributed by atoms with E-state index in [4.69, 9.17) is 4.74 Å². The van der Waals surface area contributed by atoms with Gasteiger partial charge in [-0.3, -0.25) is 4.99 Å². The second-order valence-corrected chi connectivity index (χ2v) is 6.23. The van der Waals surface area contributed by atoms with E-state index in [0.29, 0.717) is 22.8 Å². The fourth-order valence-corrected chi connectivity index (χ4v) is 2.96. The third kappa shape index (κ3) is 2.92. The molecule has 1 N–H and O–H groups in total. The summed E-state index contributed by atoms with van der Waals surface area (Å²) >= 11 is 0. The van der Waals surface area contributed by atoms with Crippen molar-refractivity contribution in [1.82, 2.24) is 9.97 Å². The van der Waals surface area contributed by atoms with Crippen molar-refractivity contribution in [3.63, 3.8) is 0 Å². The number of halogens is 2. The van der Waals surface area contributed by atoms with Crippen LogP contribution in [0.15, 0.2) is 65.8 Å². The van der Waals surface area contributed by atoms with Crippen LogP contribution in [0.1, 0.15) is 5.56 Å². The Kier molecular flexibility index (Phi) is 3.72. The highest BCUT2D eigenvalue weighted by atomic mass is 19.1. The average Bonchev–Trinajstić information content (AvgIpc) is 2.87. The SMILES string of the molecule is Fc1cnc(Nc2ccc3nc4c(cc3c2)C=Nc2ccccc2O4)c(F)c1. The first kappa shape index (κ1) is 16.3. The van der Waals surface area contributed by atoms with Crippen molar-refractivity contribution in [1.29, 1.82) is 0 Å². The summed E-state index contributed by atoms with van der Waals surface area (Å²) in [7, 11) is 0. The van der Waals surface area contributed by atoms with Gasteiger partial charge in [0.1, 0.15) is 11.5 Å². The molecule has 5 rings (SSSR count). The monoisotopic (exact) mass is 374 g/mol. The lowest BCUT2D eigenvalue weighted by Crippen LogP contribution is -1.98. The largest absolute Gasteiger partial charge is 0.436 e. The zero-order valence-corrected chi connectivity index (χ0v) is 14.4. The number of aliphatic imine (C=N–C) groups is 1. The van der Waals surface area contributed by atoms with E-state index >= 15 is 0 Å². The van der Waals surface area contributed by atoms with Gasteiger partial charge in [0.15, 0.2) is 17.4 Å². The van der Waals surface area contributed by atoms with Crippen LogP contribution in [0.2, 0.25) is 0 Å². The predicted molar refractivity (Wildman–Crippen MR) is 103 cm³/mol. The van der Waals surface area contributed by atoms with Gasteiger partial charge in [0.2, 0.25) is 5.88 Å². The van der Waals surface area contributed by atoms with Gasteiger partial charge in [-0.25, -0.2) is 18.7 Å². The number of hydrogen-bond donors (Lipinski definition) is 1. The maximum absolute atomic E-state index is 13.8. The molecule has 1 aliphatic rings. The number of nitrogens with one attached hydrogen (secondary N) is 1. The quantitative estimate of drug-likeness (QED) is 0.443. The van der Waals surface area contributed by atoms with Crippen LogP contribution in [0.25, 0.3) is 10.9 Å². The van der Waals surface area contributed by atoms with E-state index in [1.165, 1.54) is 0 Å². The number of benzene rings is 2. The molecule has 0 atom stereocenters. The van der Waals surface area contributed by atoms with E-state index in [-0.39, 0.29) is 5.82 Å². The molecule has 3 heterocycles. The predicted octanol–water partition coefficient (Wildman–Crippen LogP) is 5.51. The number of rotatable bonds is 2. The van der Waals surface area contributed by atoms with Gasteiger partial charge in [0.25, 0.3) is 0 Å². The molecule has 1 aliphatic heterocycles. The average molecular weight is 374 g/mol. The van der Waals surface area contributed by atoms with Crippen LogP contribution < -0.4 is 10.1 Å². The molecule has 0 spiro atoms. The maximum atomic E-state index is 13.8. The Morgan fingerprint density at radius 1 is 0.964 bits per heavy atom. The van der Waals surface area contributed by atoms with Crippen molar-refractivity contribution < 1.29 is 13.5 Å². The van der Waals surface area contributed by atoms with E-state index in [1.54, 1.807) is 24.4 Å². The highest BCUT2D eigenvalue weighted by Crippen LogP contribution is 2.36. The topological polar surface area (TPSA) is 59.4 Å². The van der Waals surface area contributed by atoms with Crippen LogP contribution in [0, 0.1) is 11.6 Å². The van der Waals surface area contributed by atoms with E-state index in [9.17, 15) is 8.78 Å². The number of para-hydroxylation sites is 2. The molecule has 0 amide bonds. The van der Waals surface area contributed by atoms with Crippen molar-refractivity contribution in [2.24, 2.45) is 4.99 Å². The van der Waals surface area contributed by atoms with Crippen LogP contribution in [0.4, 0.5) is 26.0 Å².